The summed E-state index contributed by atoms with van der Waals surface area (Å²) < 4.78 is 10.6. The van der Waals surface area contributed by atoms with Crippen molar-refractivity contribution < 1.29 is 9.47 Å². The van der Waals surface area contributed by atoms with Crippen LogP contribution in [0.4, 0.5) is 5.82 Å². The standard InChI is InChI=1S/C13H23N3O2/c1-4-8-18-13-10-12(14-7-6-9-17-3)15-11(5-2)16-13/h10H,4-9H2,1-3H3,(H,14,15,16). The monoisotopic (exact) mass is 253 g/mol. The zero-order valence-corrected chi connectivity index (χ0v) is 11.5. The third-order valence-electron chi connectivity index (χ3n) is 2.35. The van der Waals surface area contributed by atoms with E-state index in [-0.39, 0.29) is 0 Å². The molecule has 0 aliphatic heterocycles. The van der Waals surface area contributed by atoms with Gasteiger partial charge in [-0.15, -0.1) is 0 Å². The maximum absolute atomic E-state index is 5.55. The number of methoxy groups -OCH3 is 1. The van der Waals surface area contributed by atoms with Crippen molar-refractivity contribution in [3.05, 3.63) is 11.9 Å². The SMILES string of the molecule is CCCOc1cc(NCCCOC)nc(CC)n1. The summed E-state index contributed by atoms with van der Waals surface area (Å²) in [5, 5.41) is 3.26. The highest BCUT2D eigenvalue weighted by Crippen LogP contribution is 2.14. The maximum atomic E-state index is 5.55. The van der Waals surface area contributed by atoms with Gasteiger partial charge in [-0.1, -0.05) is 13.8 Å². The molecule has 1 rings (SSSR count). The van der Waals surface area contributed by atoms with Gasteiger partial charge in [0.15, 0.2) is 0 Å². The van der Waals surface area contributed by atoms with Gasteiger partial charge < -0.3 is 14.8 Å². The van der Waals surface area contributed by atoms with Crippen LogP contribution in [0, 0.1) is 0 Å². The molecule has 0 aliphatic carbocycles. The summed E-state index contributed by atoms with van der Waals surface area (Å²) in [5.74, 6) is 2.28. The molecule has 5 nitrogen and oxygen atoms in total. The summed E-state index contributed by atoms with van der Waals surface area (Å²) in [5.41, 5.74) is 0. The van der Waals surface area contributed by atoms with Gasteiger partial charge in [-0.3, -0.25) is 0 Å². The lowest BCUT2D eigenvalue weighted by atomic mass is 10.4. The van der Waals surface area contributed by atoms with Crippen LogP contribution in [-0.2, 0) is 11.2 Å². The lowest BCUT2D eigenvalue weighted by Crippen LogP contribution is -2.09. The Kier molecular flexibility index (Phi) is 7.10. The van der Waals surface area contributed by atoms with E-state index >= 15 is 0 Å². The van der Waals surface area contributed by atoms with E-state index in [2.05, 4.69) is 22.2 Å². The molecule has 5 heteroatoms. The van der Waals surface area contributed by atoms with Gasteiger partial charge in [0.05, 0.1) is 6.61 Å². The van der Waals surface area contributed by atoms with E-state index in [0.29, 0.717) is 12.5 Å². The predicted molar refractivity (Wildman–Crippen MR) is 72.2 cm³/mol. The first-order valence-corrected chi connectivity index (χ1v) is 6.53. The lowest BCUT2D eigenvalue weighted by Gasteiger charge is -2.09. The fourth-order valence-electron chi connectivity index (χ4n) is 1.43. The highest BCUT2D eigenvalue weighted by Gasteiger charge is 2.04. The molecule has 0 radical (unpaired) electrons. The molecule has 0 atom stereocenters. The Morgan fingerprint density at radius 1 is 1.22 bits per heavy atom. The van der Waals surface area contributed by atoms with Crippen LogP contribution in [0.15, 0.2) is 6.07 Å². The maximum Gasteiger partial charge on any atom is 0.218 e. The number of rotatable bonds is 9. The Morgan fingerprint density at radius 3 is 2.72 bits per heavy atom. The Morgan fingerprint density at radius 2 is 2.06 bits per heavy atom. The zero-order valence-electron chi connectivity index (χ0n) is 11.5. The third kappa shape index (κ3) is 5.31. The normalized spacial score (nSPS) is 10.4. The van der Waals surface area contributed by atoms with Crippen LogP contribution in [0.3, 0.4) is 0 Å². The summed E-state index contributed by atoms with van der Waals surface area (Å²) in [7, 11) is 1.70. The molecule has 0 bridgehead atoms. The molecule has 0 unspecified atom stereocenters. The van der Waals surface area contributed by atoms with Crippen LogP contribution in [-0.4, -0.2) is 36.8 Å². The summed E-state index contributed by atoms with van der Waals surface area (Å²) in [6.45, 7) is 6.38. The smallest absolute Gasteiger partial charge is 0.218 e. The molecule has 0 saturated heterocycles. The topological polar surface area (TPSA) is 56.3 Å². The summed E-state index contributed by atoms with van der Waals surface area (Å²) in [6, 6.07) is 1.85. The summed E-state index contributed by atoms with van der Waals surface area (Å²) in [6.07, 6.45) is 2.73. The first-order chi connectivity index (χ1) is 8.80. The molecule has 0 fully saturated rings. The van der Waals surface area contributed by atoms with Crippen molar-refractivity contribution >= 4 is 5.82 Å². The molecule has 0 spiro atoms. The van der Waals surface area contributed by atoms with Gasteiger partial charge in [0.25, 0.3) is 0 Å². The first kappa shape index (κ1) is 14.7. The Hall–Kier alpha value is -1.36. The molecule has 1 N–H and O–H groups in total. The predicted octanol–water partition coefficient (Wildman–Crippen LogP) is 2.28. The van der Waals surface area contributed by atoms with E-state index in [4.69, 9.17) is 9.47 Å². The molecule has 0 aliphatic rings. The number of aryl methyl sites for hydroxylation is 1. The largest absolute Gasteiger partial charge is 0.478 e. The number of aromatic nitrogens is 2. The van der Waals surface area contributed by atoms with Gasteiger partial charge in [0.2, 0.25) is 5.88 Å². The number of hydrogen-bond acceptors (Lipinski definition) is 5. The van der Waals surface area contributed by atoms with Gasteiger partial charge >= 0.3 is 0 Å². The molecule has 1 heterocycles. The van der Waals surface area contributed by atoms with Gasteiger partial charge in [0.1, 0.15) is 11.6 Å². The average molecular weight is 253 g/mol. The van der Waals surface area contributed by atoms with Crippen LogP contribution >= 0.6 is 0 Å². The van der Waals surface area contributed by atoms with Crippen LogP contribution < -0.4 is 10.1 Å². The molecule has 18 heavy (non-hydrogen) atoms. The van der Waals surface area contributed by atoms with Gasteiger partial charge in [-0.05, 0) is 12.8 Å². The van der Waals surface area contributed by atoms with Crippen molar-refractivity contribution in [2.75, 3.05) is 32.2 Å². The number of hydrogen-bond donors (Lipinski definition) is 1. The van der Waals surface area contributed by atoms with Crippen LogP contribution in [0.2, 0.25) is 0 Å². The van der Waals surface area contributed by atoms with Crippen molar-refractivity contribution in [3.63, 3.8) is 0 Å². The molecular weight excluding hydrogens is 230 g/mol. The Bertz CT molecular complexity index is 345. The van der Waals surface area contributed by atoms with Crippen LogP contribution in [0.5, 0.6) is 5.88 Å². The minimum Gasteiger partial charge on any atom is -0.478 e. The Balaban J connectivity index is 2.58. The average Bonchev–Trinajstić information content (AvgIpc) is 2.41. The number of anilines is 1. The second-order valence-electron chi connectivity index (χ2n) is 3.98. The van der Waals surface area contributed by atoms with E-state index in [1.165, 1.54) is 0 Å². The third-order valence-corrected chi connectivity index (χ3v) is 2.35. The van der Waals surface area contributed by atoms with Crippen molar-refractivity contribution in [3.8, 4) is 5.88 Å². The zero-order chi connectivity index (χ0) is 13.2. The quantitative estimate of drug-likeness (QED) is 0.684. The highest BCUT2D eigenvalue weighted by atomic mass is 16.5. The molecule has 0 amide bonds. The van der Waals surface area contributed by atoms with Gasteiger partial charge in [0, 0.05) is 32.7 Å². The number of nitrogens with one attached hydrogen (secondary N) is 1. The second kappa shape index (κ2) is 8.69. The molecule has 0 saturated carbocycles. The fourth-order valence-corrected chi connectivity index (χ4v) is 1.43. The van der Waals surface area contributed by atoms with Crippen molar-refractivity contribution in [2.45, 2.75) is 33.1 Å². The lowest BCUT2D eigenvalue weighted by molar-refractivity contribution is 0.197. The molecule has 1 aromatic rings. The highest BCUT2D eigenvalue weighted by molar-refractivity contribution is 5.38. The first-order valence-electron chi connectivity index (χ1n) is 6.53. The minimum atomic E-state index is 0.651. The fraction of sp³-hybridized carbons (Fsp3) is 0.692. The van der Waals surface area contributed by atoms with Gasteiger partial charge in [-0.2, -0.15) is 4.98 Å². The van der Waals surface area contributed by atoms with Crippen molar-refractivity contribution in [2.24, 2.45) is 0 Å². The van der Waals surface area contributed by atoms with E-state index in [9.17, 15) is 0 Å². The van der Waals surface area contributed by atoms with Crippen LogP contribution in [0.1, 0.15) is 32.5 Å². The molecule has 0 aromatic carbocycles. The van der Waals surface area contributed by atoms with Gasteiger partial charge in [-0.25, -0.2) is 4.98 Å². The molecular formula is C13H23N3O2. The number of nitrogens with zero attached hydrogens (tertiary/aromatic N) is 2. The van der Waals surface area contributed by atoms with E-state index in [1.807, 2.05) is 13.0 Å². The second-order valence-corrected chi connectivity index (χ2v) is 3.98. The van der Waals surface area contributed by atoms with E-state index < -0.39 is 0 Å². The van der Waals surface area contributed by atoms with E-state index in [1.54, 1.807) is 7.11 Å². The van der Waals surface area contributed by atoms with E-state index in [0.717, 1.165) is 44.1 Å². The number of ether oxygens (including phenoxy) is 2. The summed E-state index contributed by atoms with van der Waals surface area (Å²) in [4.78, 5) is 8.75. The van der Waals surface area contributed by atoms with Crippen molar-refractivity contribution in [1.82, 2.24) is 9.97 Å². The van der Waals surface area contributed by atoms with Crippen LogP contribution in [0.25, 0.3) is 0 Å². The summed E-state index contributed by atoms with van der Waals surface area (Å²) >= 11 is 0. The van der Waals surface area contributed by atoms with Crippen molar-refractivity contribution in [1.29, 1.82) is 0 Å². The molecule has 1 aromatic heterocycles. The minimum absolute atomic E-state index is 0.651. The molecule has 102 valence electrons. The Labute approximate surface area is 109 Å².